The number of anilines is 1. The fourth-order valence-corrected chi connectivity index (χ4v) is 3.37. The topological polar surface area (TPSA) is 51.0 Å². The zero-order chi connectivity index (χ0) is 13.4. The summed E-state index contributed by atoms with van der Waals surface area (Å²) in [6.07, 6.45) is 5.13. The highest BCUT2D eigenvalue weighted by atomic mass is 32.1. The van der Waals surface area contributed by atoms with Gasteiger partial charge in [-0.1, -0.05) is 0 Å². The lowest BCUT2D eigenvalue weighted by Gasteiger charge is -2.11. The molecule has 1 aliphatic rings. The van der Waals surface area contributed by atoms with E-state index in [0.717, 1.165) is 23.5 Å². The Balaban J connectivity index is 1.84. The molecule has 2 aromatic heterocycles. The highest BCUT2D eigenvalue weighted by molar-refractivity contribution is 7.11. The van der Waals surface area contributed by atoms with E-state index in [1.165, 1.54) is 21.7 Å². The molecule has 19 heavy (non-hydrogen) atoms. The van der Waals surface area contributed by atoms with E-state index in [1.54, 1.807) is 23.6 Å². The Morgan fingerprint density at radius 1 is 1.42 bits per heavy atom. The highest BCUT2D eigenvalue weighted by Crippen LogP contribution is 2.27. The van der Waals surface area contributed by atoms with E-state index < -0.39 is 0 Å². The number of hydrogen-bond acceptors (Lipinski definition) is 5. The van der Waals surface area contributed by atoms with Gasteiger partial charge in [-0.3, -0.25) is 4.79 Å². The van der Waals surface area contributed by atoms with E-state index in [2.05, 4.69) is 10.1 Å². The Morgan fingerprint density at radius 2 is 2.26 bits per heavy atom. The third kappa shape index (κ3) is 2.40. The molecular weight excluding hydrogens is 260 g/mol. The van der Waals surface area contributed by atoms with Gasteiger partial charge < -0.3 is 4.90 Å². The Hall–Kier alpha value is -1.69. The molecule has 6 heteroatoms. The van der Waals surface area contributed by atoms with Crippen molar-refractivity contribution in [2.45, 2.75) is 25.8 Å². The van der Waals surface area contributed by atoms with Gasteiger partial charge in [-0.05, 0) is 19.3 Å². The predicted octanol–water partition coefficient (Wildman–Crippen LogP) is 1.30. The van der Waals surface area contributed by atoms with Crippen LogP contribution in [0.15, 0.2) is 17.1 Å². The number of fused-ring (bicyclic) bond motifs is 1. The Kier molecular flexibility index (Phi) is 3.10. The first-order valence-corrected chi connectivity index (χ1v) is 7.17. The second kappa shape index (κ2) is 4.77. The van der Waals surface area contributed by atoms with Gasteiger partial charge in [0.05, 0.1) is 24.1 Å². The number of aryl methyl sites for hydroxylation is 2. The molecule has 2 aromatic rings. The average Bonchev–Trinajstić information content (AvgIpc) is 2.92. The van der Waals surface area contributed by atoms with Gasteiger partial charge in [-0.2, -0.15) is 5.10 Å². The van der Waals surface area contributed by atoms with E-state index in [4.69, 9.17) is 0 Å². The number of aromatic nitrogens is 3. The van der Waals surface area contributed by atoms with Gasteiger partial charge in [-0.25, -0.2) is 9.67 Å². The molecule has 0 saturated heterocycles. The summed E-state index contributed by atoms with van der Waals surface area (Å²) < 4.78 is 1.47. The second-order valence-electron chi connectivity index (χ2n) is 4.94. The summed E-state index contributed by atoms with van der Waals surface area (Å²) in [6, 6.07) is 1.61. The lowest BCUT2D eigenvalue weighted by molar-refractivity contribution is 0.634. The van der Waals surface area contributed by atoms with Crippen LogP contribution in [0.2, 0.25) is 0 Å². The molecule has 2 heterocycles. The van der Waals surface area contributed by atoms with E-state index in [0.29, 0.717) is 6.54 Å². The minimum Gasteiger partial charge on any atom is -0.376 e. The molecule has 0 bridgehead atoms. The normalized spacial score (nSPS) is 13.6. The van der Waals surface area contributed by atoms with Crippen LogP contribution in [0, 0.1) is 0 Å². The van der Waals surface area contributed by atoms with Crippen molar-refractivity contribution in [1.29, 1.82) is 0 Å². The minimum absolute atomic E-state index is 0.0819. The molecule has 0 aliphatic heterocycles. The summed E-state index contributed by atoms with van der Waals surface area (Å²) in [6.45, 7) is 0.476. The summed E-state index contributed by atoms with van der Waals surface area (Å²) in [5, 5.41) is 5.19. The lowest BCUT2D eigenvalue weighted by atomic mass is 10.4. The molecule has 100 valence electrons. The maximum absolute atomic E-state index is 12.0. The van der Waals surface area contributed by atoms with Crippen LogP contribution in [0.4, 0.5) is 5.69 Å². The van der Waals surface area contributed by atoms with Crippen LogP contribution in [-0.4, -0.2) is 28.9 Å². The van der Waals surface area contributed by atoms with Crippen molar-refractivity contribution in [3.8, 4) is 0 Å². The number of hydrogen-bond donors (Lipinski definition) is 0. The summed E-state index contributed by atoms with van der Waals surface area (Å²) in [5.41, 5.74) is 1.96. The quantitative estimate of drug-likeness (QED) is 0.848. The van der Waals surface area contributed by atoms with Crippen molar-refractivity contribution in [2.75, 3.05) is 19.0 Å². The standard InChI is InChI=1S/C13H16N4OS/c1-16(2)9-6-13(18)17(14-7-9)8-12-15-10-4-3-5-11(10)19-12/h6-7H,3-5,8H2,1-2H3. The SMILES string of the molecule is CN(C)c1cnn(Cc2nc3c(s2)CCC3)c(=O)c1. The highest BCUT2D eigenvalue weighted by Gasteiger charge is 2.17. The molecule has 0 unspecified atom stereocenters. The fourth-order valence-electron chi connectivity index (χ4n) is 2.23. The third-order valence-electron chi connectivity index (χ3n) is 3.30. The zero-order valence-electron chi connectivity index (χ0n) is 11.1. The smallest absolute Gasteiger partial charge is 0.269 e. The predicted molar refractivity (Wildman–Crippen MR) is 76.1 cm³/mol. The van der Waals surface area contributed by atoms with Gasteiger partial charge in [0, 0.05) is 25.0 Å². The van der Waals surface area contributed by atoms with Crippen molar-refractivity contribution in [3.63, 3.8) is 0 Å². The van der Waals surface area contributed by atoms with Crippen LogP contribution in [-0.2, 0) is 19.4 Å². The van der Waals surface area contributed by atoms with Gasteiger partial charge in [0.25, 0.3) is 5.56 Å². The van der Waals surface area contributed by atoms with Crippen LogP contribution < -0.4 is 10.5 Å². The van der Waals surface area contributed by atoms with Gasteiger partial charge in [0.1, 0.15) is 5.01 Å². The van der Waals surface area contributed by atoms with Crippen molar-refractivity contribution in [3.05, 3.63) is 38.2 Å². The monoisotopic (exact) mass is 276 g/mol. The molecule has 0 saturated carbocycles. The summed E-state index contributed by atoms with van der Waals surface area (Å²) >= 11 is 1.71. The zero-order valence-corrected chi connectivity index (χ0v) is 11.9. The molecular formula is C13H16N4OS. The minimum atomic E-state index is -0.0819. The molecule has 0 N–H and O–H groups in total. The number of thiazole rings is 1. The van der Waals surface area contributed by atoms with Gasteiger partial charge >= 0.3 is 0 Å². The van der Waals surface area contributed by atoms with E-state index in [1.807, 2.05) is 19.0 Å². The second-order valence-corrected chi connectivity index (χ2v) is 6.10. The molecule has 3 rings (SSSR count). The molecule has 0 amide bonds. The molecule has 1 aliphatic carbocycles. The van der Waals surface area contributed by atoms with Crippen LogP contribution in [0.5, 0.6) is 0 Å². The van der Waals surface area contributed by atoms with Gasteiger partial charge in [0.15, 0.2) is 0 Å². The van der Waals surface area contributed by atoms with Gasteiger partial charge in [-0.15, -0.1) is 11.3 Å². The molecule has 0 radical (unpaired) electrons. The maximum atomic E-state index is 12.0. The van der Waals surface area contributed by atoms with Crippen LogP contribution in [0.25, 0.3) is 0 Å². The maximum Gasteiger partial charge on any atom is 0.269 e. The number of nitrogens with zero attached hydrogens (tertiary/aromatic N) is 4. The largest absolute Gasteiger partial charge is 0.376 e. The lowest BCUT2D eigenvalue weighted by Crippen LogP contribution is -2.24. The number of rotatable bonds is 3. The van der Waals surface area contributed by atoms with Crippen molar-refractivity contribution in [1.82, 2.24) is 14.8 Å². The first kappa shape index (κ1) is 12.3. The fraction of sp³-hybridized carbons (Fsp3) is 0.462. The van der Waals surface area contributed by atoms with Crippen molar-refractivity contribution < 1.29 is 0 Å². The van der Waals surface area contributed by atoms with Crippen molar-refractivity contribution >= 4 is 17.0 Å². The molecule has 0 spiro atoms. The van der Waals surface area contributed by atoms with E-state index in [-0.39, 0.29) is 5.56 Å². The Bertz CT molecular complexity index is 637. The Morgan fingerprint density at radius 3 is 2.95 bits per heavy atom. The van der Waals surface area contributed by atoms with Crippen molar-refractivity contribution in [2.24, 2.45) is 0 Å². The Labute approximate surface area is 115 Å². The van der Waals surface area contributed by atoms with E-state index >= 15 is 0 Å². The first-order valence-electron chi connectivity index (χ1n) is 6.35. The first-order chi connectivity index (χ1) is 9.13. The third-order valence-corrected chi connectivity index (χ3v) is 4.44. The van der Waals surface area contributed by atoms with Crippen LogP contribution in [0.1, 0.15) is 22.0 Å². The molecule has 5 nitrogen and oxygen atoms in total. The van der Waals surface area contributed by atoms with Crippen LogP contribution in [0.3, 0.4) is 0 Å². The van der Waals surface area contributed by atoms with Crippen LogP contribution >= 0.6 is 11.3 Å². The molecule has 0 aromatic carbocycles. The average molecular weight is 276 g/mol. The molecule has 0 atom stereocenters. The summed E-state index contributed by atoms with van der Waals surface area (Å²) in [7, 11) is 3.79. The van der Waals surface area contributed by atoms with Gasteiger partial charge in [0.2, 0.25) is 0 Å². The van der Waals surface area contributed by atoms with E-state index in [9.17, 15) is 4.79 Å². The summed E-state index contributed by atoms with van der Waals surface area (Å²) in [4.78, 5) is 19.8. The molecule has 0 fully saturated rings. The summed E-state index contributed by atoms with van der Waals surface area (Å²) in [5.74, 6) is 0.